The fourth-order valence-electron chi connectivity index (χ4n) is 3.30. The van der Waals surface area contributed by atoms with Crippen LogP contribution in [0, 0.1) is 5.41 Å². The van der Waals surface area contributed by atoms with Gasteiger partial charge in [0.1, 0.15) is 0 Å². The fourth-order valence-corrected chi connectivity index (χ4v) is 3.93. The molecular formula is C16H23N3O2S. The average Bonchev–Trinajstić information content (AvgIpc) is 3.09. The molecule has 3 rings (SSSR count). The van der Waals surface area contributed by atoms with Gasteiger partial charge in [-0.25, -0.2) is 0 Å². The Morgan fingerprint density at radius 1 is 1.23 bits per heavy atom. The van der Waals surface area contributed by atoms with Crippen LogP contribution < -0.4 is 5.32 Å². The van der Waals surface area contributed by atoms with Gasteiger partial charge < -0.3 is 15.1 Å². The van der Waals surface area contributed by atoms with E-state index in [1.165, 1.54) is 11.3 Å². The minimum absolute atomic E-state index is 0.0823. The molecule has 1 unspecified atom stereocenters. The van der Waals surface area contributed by atoms with Crippen LogP contribution in [-0.2, 0) is 4.79 Å². The van der Waals surface area contributed by atoms with E-state index in [2.05, 4.69) is 12.2 Å². The van der Waals surface area contributed by atoms with Gasteiger partial charge in [0.25, 0.3) is 5.91 Å². The van der Waals surface area contributed by atoms with Crippen molar-refractivity contribution < 1.29 is 9.59 Å². The second-order valence-electron chi connectivity index (χ2n) is 6.44. The number of carbonyl (C=O) groups excluding carboxylic acids is 2. The molecule has 1 aromatic heterocycles. The van der Waals surface area contributed by atoms with Crippen molar-refractivity contribution in [2.24, 2.45) is 5.41 Å². The summed E-state index contributed by atoms with van der Waals surface area (Å²) in [5.41, 5.74) is 0.478. The molecule has 22 heavy (non-hydrogen) atoms. The van der Waals surface area contributed by atoms with Crippen LogP contribution in [0.4, 0.5) is 0 Å². The molecular weight excluding hydrogens is 298 g/mol. The number of hydrogen-bond acceptors (Lipinski definition) is 4. The number of hydrogen-bond donors (Lipinski definition) is 1. The predicted molar refractivity (Wildman–Crippen MR) is 87.0 cm³/mol. The van der Waals surface area contributed by atoms with Gasteiger partial charge in [0.2, 0.25) is 5.91 Å². The van der Waals surface area contributed by atoms with Crippen molar-refractivity contribution in [3.05, 3.63) is 22.4 Å². The van der Waals surface area contributed by atoms with Gasteiger partial charge in [-0.05, 0) is 37.8 Å². The van der Waals surface area contributed by atoms with Crippen molar-refractivity contribution in [2.75, 3.05) is 39.3 Å². The lowest BCUT2D eigenvalue weighted by molar-refractivity contribution is -0.143. The molecule has 6 heteroatoms. The van der Waals surface area contributed by atoms with E-state index >= 15 is 0 Å². The Bertz CT molecular complexity index is 530. The van der Waals surface area contributed by atoms with E-state index < -0.39 is 0 Å². The number of piperidine rings is 1. The topological polar surface area (TPSA) is 52.7 Å². The summed E-state index contributed by atoms with van der Waals surface area (Å²) in [5.74, 6) is 0.321. The summed E-state index contributed by atoms with van der Waals surface area (Å²) in [5, 5.41) is 7.13. The Labute approximate surface area is 135 Å². The molecule has 0 radical (unpaired) electrons. The lowest BCUT2D eigenvalue weighted by Gasteiger charge is -2.41. The van der Waals surface area contributed by atoms with Gasteiger partial charge in [0.15, 0.2) is 0 Å². The largest absolute Gasteiger partial charge is 0.339 e. The maximum absolute atomic E-state index is 12.8. The Morgan fingerprint density at radius 2 is 1.95 bits per heavy atom. The van der Waals surface area contributed by atoms with Gasteiger partial charge in [-0.15, -0.1) is 0 Å². The smallest absolute Gasteiger partial charge is 0.254 e. The lowest BCUT2D eigenvalue weighted by Crippen LogP contribution is -2.56. The van der Waals surface area contributed by atoms with Crippen LogP contribution in [0.2, 0.25) is 0 Å². The summed E-state index contributed by atoms with van der Waals surface area (Å²) in [7, 11) is 0. The Morgan fingerprint density at radius 3 is 2.55 bits per heavy atom. The molecule has 5 nitrogen and oxygen atoms in total. The molecule has 0 bridgehead atoms. The first kappa shape index (κ1) is 15.5. The number of nitrogens with zero attached hydrogens (tertiary/aromatic N) is 2. The van der Waals surface area contributed by atoms with Crippen LogP contribution in [0.1, 0.15) is 30.1 Å². The summed E-state index contributed by atoms with van der Waals surface area (Å²) < 4.78 is 0. The first-order valence-electron chi connectivity index (χ1n) is 7.92. The predicted octanol–water partition coefficient (Wildman–Crippen LogP) is 1.42. The van der Waals surface area contributed by atoms with E-state index in [1.807, 2.05) is 26.6 Å². The molecule has 0 aliphatic carbocycles. The maximum Gasteiger partial charge on any atom is 0.254 e. The first-order chi connectivity index (χ1) is 10.6. The van der Waals surface area contributed by atoms with E-state index in [0.717, 1.165) is 31.5 Å². The highest BCUT2D eigenvalue weighted by molar-refractivity contribution is 7.08. The van der Waals surface area contributed by atoms with Gasteiger partial charge in [-0.2, -0.15) is 11.3 Å². The summed E-state index contributed by atoms with van der Waals surface area (Å²) in [4.78, 5) is 28.9. The molecule has 2 aliphatic heterocycles. The third-order valence-electron chi connectivity index (χ3n) is 4.74. The zero-order chi connectivity index (χ0) is 15.6. The molecule has 0 saturated carbocycles. The number of carbonyl (C=O) groups is 2. The number of nitrogens with one attached hydrogen (secondary N) is 1. The van der Waals surface area contributed by atoms with Crippen LogP contribution in [0.15, 0.2) is 16.8 Å². The Hall–Kier alpha value is -1.40. The monoisotopic (exact) mass is 321 g/mol. The summed E-state index contributed by atoms with van der Waals surface area (Å²) in [6, 6.07) is 1.86. The van der Waals surface area contributed by atoms with Gasteiger partial charge in [-0.1, -0.05) is 0 Å². The van der Waals surface area contributed by atoms with Crippen molar-refractivity contribution in [3.63, 3.8) is 0 Å². The molecule has 0 aromatic carbocycles. The van der Waals surface area contributed by atoms with Gasteiger partial charge in [0.05, 0.1) is 11.0 Å². The third-order valence-corrected chi connectivity index (χ3v) is 5.42. The van der Waals surface area contributed by atoms with Gasteiger partial charge >= 0.3 is 0 Å². The van der Waals surface area contributed by atoms with Crippen LogP contribution in [-0.4, -0.2) is 60.9 Å². The molecule has 1 atom stereocenters. The van der Waals surface area contributed by atoms with Crippen LogP contribution in [0.3, 0.4) is 0 Å². The minimum Gasteiger partial charge on any atom is -0.339 e. The van der Waals surface area contributed by atoms with E-state index in [4.69, 9.17) is 0 Å². The second kappa shape index (κ2) is 6.38. The normalized spacial score (nSPS) is 26.0. The fraction of sp³-hybridized carbons (Fsp3) is 0.625. The van der Waals surface area contributed by atoms with Crippen LogP contribution in [0.5, 0.6) is 0 Å². The molecule has 2 saturated heterocycles. The van der Waals surface area contributed by atoms with Gasteiger partial charge in [-0.3, -0.25) is 9.59 Å². The van der Waals surface area contributed by atoms with E-state index in [0.29, 0.717) is 26.2 Å². The number of thiophene rings is 1. The SMILES string of the molecule is CC1(C(=O)N2CCN(C(=O)c3ccsc3)CC2)CCCNC1. The highest BCUT2D eigenvalue weighted by Gasteiger charge is 2.38. The number of rotatable bonds is 2. The lowest BCUT2D eigenvalue weighted by atomic mass is 9.81. The quantitative estimate of drug-likeness (QED) is 0.896. The van der Waals surface area contributed by atoms with Crippen LogP contribution >= 0.6 is 11.3 Å². The van der Waals surface area contributed by atoms with Crippen molar-refractivity contribution in [1.29, 1.82) is 0 Å². The Kier molecular flexibility index (Phi) is 4.49. The summed E-state index contributed by atoms with van der Waals surface area (Å²) in [6.45, 7) is 6.37. The number of piperazine rings is 1. The third kappa shape index (κ3) is 3.03. The maximum atomic E-state index is 12.8. The highest BCUT2D eigenvalue weighted by atomic mass is 32.1. The highest BCUT2D eigenvalue weighted by Crippen LogP contribution is 2.28. The summed E-state index contributed by atoms with van der Waals surface area (Å²) >= 11 is 1.54. The van der Waals surface area contributed by atoms with E-state index in [1.54, 1.807) is 0 Å². The Balaban J connectivity index is 1.57. The molecule has 1 N–H and O–H groups in total. The zero-order valence-electron chi connectivity index (χ0n) is 13.0. The molecule has 1 aromatic rings. The molecule has 2 fully saturated rings. The molecule has 3 heterocycles. The van der Waals surface area contributed by atoms with Crippen molar-refractivity contribution in [2.45, 2.75) is 19.8 Å². The second-order valence-corrected chi connectivity index (χ2v) is 7.22. The zero-order valence-corrected chi connectivity index (χ0v) is 13.8. The standard InChI is InChI=1S/C16H23N3O2S/c1-16(4-2-5-17-12-16)15(21)19-8-6-18(7-9-19)14(20)13-3-10-22-11-13/h3,10-11,17H,2,4-9,12H2,1H3. The minimum atomic E-state index is -0.280. The molecule has 0 spiro atoms. The van der Waals surface area contributed by atoms with Gasteiger partial charge in [0, 0.05) is 38.1 Å². The van der Waals surface area contributed by atoms with Crippen molar-refractivity contribution in [1.82, 2.24) is 15.1 Å². The molecule has 120 valence electrons. The van der Waals surface area contributed by atoms with E-state index in [9.17, 15) is 9.59 Å². The summed E-state index contributed by atoms with van der Waals surface area (Å²) in [6.07, 6.45) is 2.01. The number of amides is 2. The van der Waals surface area contributed by atoms with Crippen molar-refractivity contribution >= 4 is 23.2 Å². The molecule has 2 amide bonds. The van der Waals surface area contributed by atoms with Crippen molar-refractivity contribution in [3.8, 4) is 0 Å². The molecule has 2 aliphatic rings. The van der Waals surface area contributed by atoms with E-state index in [-0.39, 0.29) is 17.2 Å². The first-order valence-corrected chi connectivity index (χ1v) is 8.86. The average molecular weight is 321 g/mol. The van der Waals surface area contributed by atoms with Crippen LogP contribution in [0.25, 0.3) is 0 Å².